The summed E-state index contributed by atoms with van der Waals surface area (Å²) in [5.41, 5.74) is 3.91. The molecule has 2 rings (SSSR count). The number of para-hydroxylation sites is 1. The second kappa shape index (κ2) is 4.66. The molecule has 2 nitrogen and oxygen atoms in total. The Morgan fingerprint density at radius 1 is 1.35 bits per heavy atom. The van der Waals surface area contributed by atoms with Gasteiger partial charge in [0.25, 0.3) is 0 Å². The van der Waals surface area contributed by atoms with Gasteiger partial charge in [0.2, 0.25) is 0 Å². The molecule has 17 heavy (non-hydrogen) atoms. The predicted molar refractivity (Wildman–Crippen MR) is 70.6 cm³/mol. The molecular weight excluding hydrogens is 210 g/mol. The van der Waals surface area contributed by atoms with Crippen LogP contribution >= 0.6 is 0 Å². The summed E-state index contributed by atoms with van der Waals surface area (Å²) >= 11 is 0. The number of aldehydes is 1. The molecule has 0 atom stereocenters. The van der Waals surface area contributed by atoms with Crippen LogP contribution in [0.15, 0.2) is 24.3 Å². The van der Waals surface area contributed by atoms with Crippen molar-refractivity contribution in [1.82, 2.24) is 4.98 Å². The van der Waals surface area contributed by atoms with Gasteiger partial charge in [0, 0.05) is 16.6 Å². The van der Waals surface area contributed by atoms with Crippen LogP contribution in [0.3, 0.4) is 0 Å². The van der Waals surface area contributed by atoms with E-state index in [9.17, 15) is 4.79 Å². The third-order valence-electron chi connectivity index (χ3n) is 3.07. The van der Waals surface area contributed by atoms with Crippen molar-refractivity contribution in [3.8, 4) is 0 Å². The summed E-state index contributed by atoms with van der Waals surface area (Å²) < 4.78 is 0. The van der Waals surface area contributed by atoms with Gasteiger partial charge in [-0.05, 0) is 24.0 Å². The van der Waals surface area contributed by atoms with Crippen LogP contribution in [0.4, 0.5) is 0 Å². The maximum atomic E-state index is 11.2. The van der Waals surface area contributed by atoms with Gasteiger partial charge >= 0.3 is 0 Å². The molecule has 0 fully saturated rings. The molecule has 2 heteroatoms. The number of hydrogen-bond acceptors (Lipinski definition) is 2. The lowest BCUT2D eigenvalue weighted by Gasteiger charge is -2.10. The number of pyridine rings is 1. The molecule has 0 bridgehead atoms. The molecule has 0 aliphatic heterocycles. The van der Waals surface area contributed by atoms with Crippen molar-refractivity contribution in [3.63, 3.8) is 0 Å². The average Bonchev–Trinajstić information content (AvgIpc) is 2.36. The second-order valence-corrected chi connectivity index (χ2v) is 4.58. The summed E-state index contributed by atoms with van der Waals surface area (Å²) in [6.45, 7) is 6.30. The molecule has 0 aliphatic rings. The zero-order valence-electron chi connectivity index (χ0n) is 10.5. The lowest BCUT2D eigenvalue weighted by molar-refractivity contribution is 0.112. The quantitative estimate of drug-likeness (QED) is 0.748. The van der Waals surface area contributed by atoms with Crippen molar-refractivity contribution < 1.29 is 4.79 Å². The lowest BCUT2D eigenvalue weighted by atomic mass is 10.0. The summed E-state index contributed by atoms with van der Waals surface area (Å²) in [6, 6.07) is 7.94. The van der Waals surface area contributed by atoms with E-state index in [0.717, 1.165) is 34.9 Å². The van der Waals surface area contributed by atoms with Gasteiger partial charge in [-0.1, -0.05) is 39.0 Å². The second-order valence-electron chi connectivity index (χ2n) is 4.58. The molecule has 0 unspecified atom stereocenters. The first-order valence-electron chi connectivity index (χ1n) is 6.05. The maximum absolute atomic E-state index is 11.2. The molecule has 1 heterocycles. The van der Waals surface area contributed by atoms with Crippen molar-refractivity contribution >= 4 is 17.2 Å². The molecule has 0 saturated carbocycles. The number of nitrogens with zero attached hydrogens (tertiary/aromatic N) is 1. The van der Waals surface area contributed by atoms with E-state index >= 15 is 0 Å². The Bertz CT molecular complexity index is 558. The molecular formula is C15H17NO. The van der Waals surface area contributed by atoms with Crippen LogP contribution in [-0.2, 0) is 6.42 Å². The van der Waals surface area contributed by atoms with Gasteiger partial charge in [-0.15, -0.1) is 0 Å². The Morgan fingerprint density at radius 2 is 2.12 bits per heavy atom. The van der Waals surface area contributed by atoms with Crippen LogP contribution in [0.25, 0.3) is 10.9 Å². The van der Waals surface area contributed by atoms with E-state index in [1.165, 1.54) is 5.56 Å². The van der Waals surface area contributed by atoms with Crippen molar-refractivity contribution in [2.75, 3.05) is 0 Å². The lowest BCUT2D eigenvalue weighted by Crippen LogP contribution is -1.99. The van der Waals surface area contributed by atoms with Crippen molar-refractivity contribution in [3.05, 3.63) is 41.1 Å². The van der Waals surface area contributed by atoms with Crippen LogP contribution in [0.2, 0.25) is 0 Å². The zero-order valence-corrected chi connectivity index (χ0v) is 10.5. The van der Waals surface area contributed by atoms with Gasteiger partial charge in [-0.25, -0.2) is 0 Å². The number of fused-ring (bicyclic) bond motifs is 1. The number of aryl methyl sites for hydroxylation is 1. The predicted octanol–water partition coefficient (Wildman–Crippen LogP) is 3.73. The number of benzene rings is 1. The van der Waals surface area contributed by atoms with E-state index in [0.29, 0.717) is 5.92 Å². The van der Waals surface area contributed by atoms with Gasteiger partial charge < -0.3 is 0 Å². The Balaban J connectivity index is 2.82. The highest BCUT2D eigenvalue weighted by Gasteiger charge is 2.10. The largest absolute Gasteiger partial charge is 0.298 e. The van der Waals surface area contributed by atoms with Crippen LogP contribution in [-0.4, -0.2) is 11.3 Å². The van der Waals surface area contributed by atoms with E-state index in [4.69, 9.17) is 4.98 Å². The summed E-state index contributed by atoms with van der Waals surface area (Å²) in [5, 5.41) is 0.962. The maximum Gasteiger partial charge on any atom is 0.150 e. The standard InChI is InChI=1S/C15H17NO/c1-4-11-6-5-7-13-12(9-17)8-14(10(2)3)16-15(11)13/h5-10H,4H2,1-3H3. The summed E-state index contributed by atoms with van der Waals surface area (Å²) in [5.74, 6) is 0.336. The van der Waals surface area contributed by atoms with E-state index in [-0.39, 0.29) is 0 Å². The Hall–Kier alpha value is -1.70. The normalized spacial score (nSPS) is 11.1. The molecule has 2 aromatic rings. The molecule has 1 aromatic heterocycles. The van der Waals surface area contributed by atoms with Gasteiger partial charge in [-0.2, -0.15) is 0 Å². The molecule has 0 spiro atoms. The monoisotopic (exact) mass is 227 g/mol. The average molecular weight is 227 g/mol. The third-order valence-corrected chi connectivity index (χ3v) is 3.07. The SMILES string of the molecule is CCc1cccc2c(C=O)cc(C(C)C)nc12. The van der Waals surface area contributed by atoms with Gasteiger partial charge in [0.1, 0.15) is 0 Å². The van der Waals surface area contributed by atoms with Gasteiger partial charge in [0.15, 0.2) is 6.29 Å². The zero-order chi connectivity index (χ0) is 12.4. The van der Waals surface area contributed by atoms with E-state index < -0.39 is 0 Å². The minimum atomic E-state index is 0.336. The van der Waals surface area contributed by atoms with Crippen LogP contribution < -0.4 is 0 Å². The first-order chi connectivity index (χ1) is 8.17. The first-order valence-corrected chi connectivity index (χ1v) is 6.05. The summed E-state index contributed by atoms with van der Waals surface area (Å²) in [7, 11) is 0. The topological polar surface area (TPSA) is 30.0 Å². The minimum Gasteiger partial charge on any atom is -0.298 e. The molecule has 0 radical (unpaired) electrons. The number of carbonyl (C=O) groups is 1. The summed E-state index contributed by atoms with van der Waals surface area (Å²) in [4.78, 5) is 15.9. The molecule has 0 amide bonds. The minimum absolute atomic E-state index is 0.336. The molecule has 0 saturated heterocycles. The number of carbonyl (C=O) groups excluding carboxylic acids is 1. The van der Waals surface area contributed by atoms with Crippen molar-refractivity contribution in [1.29, 1.82) is 0 Å². The molecule has 0 N–H and O–H groups in total. The fourth-order valence-corrected chi connectivity index (χ4v) is 2.03. The number of hydrogen-bond donors (Lipinski definition) is 0. The van der Waals surface area contributed by atoms with Crippen molar-refractivity contribution in [2.45, 2.75) is 33.1 Å². The Kier molecular flexibility index (Phi) is 3.23. The highest BCUT2D eigenvalue weighted by Crippen LogP contribution is 2.24. The van der Waals surface area contributed by atoms with Gasteiger partial charge in [0.05, 0.1) is 5.52 Å². The highest BCUT2D eigenvalue weighted by atomic mass is 16.1. The number of aromatic nitrogens is 1. The fourth-order valence-electron chi connectivity index (χ4n) is 2.03. The molecule has 1 aromatic carbocycles. The van der Waals surface area contributed by atoms with Crippen LogP contribution in [0, 0.1) is 0 Å². The molecule has 88 valence electrons. The van der Waals surface area contributed by atoms with Crippen molar-refractivity contribution in [2.24, 2.45) is 0 Å². The summed E-state index contributed by atoms with van der Waals surface area (Å²) in [6.07, 6.45) is 1.86. The Labute approximate surface area is 102 Å². The van der Waals surface area contributed by atoms with Crippen LogP contribution in [0.1, 0.15) is 48.3 Å². The highest BCUT2D eigenvalue weighted by molar-refractivity contribution is 5.97. The van der Waals surface area contributed by atoms with E-state index in [1.807, 2.05) is 18.2 Å². The van der Waals surface area contributed by atoms with Gasteiger partial charge in [-0.3, -0.25) is 9.78 Å². The van der Waals surface area contributed by atoms with Crippen LogP contribution in [0.5, 0.6) is 0 Å². The first kappa shape index (κ1) is 11.8. The Morgan fingerprint density at radius 3 is 2.71 bits per heavy atom. The van der Waals surface area contributed by atoms with E-state index in [1.54, 1.807) is 0 Å². The smallest absolute Gasteiger partial charge is 0.150 e. The number of rotatable bonds is 3. The fraction of sp³-hybridized carbons (Fsp3) is 0.333. The van der Waals surface area contributed by atoms with E-state index in [2.05, 4.69) is 26.8 Å². The third kappa shape index (κ3) is 2.07. The molecule has 0 aliphatic carbocycles.